The molecule has 0 saturated heterocycles. The van der Waals surface area contributed by atoms with Gasteiger partial charge in [-0.1, -0.05) is 115 Å². The molecule has 0 aliphatic heterocycles. The van der Waals surface area contributed by atoms with E-state index in [0.29, 0.717) is 17.5 Å². The average molecular weight is 577 g/mol. The molecule has 0 spiro atoms. The minimum Gasteiger partial charge on any atom is -0.454 e. The lowest BCUT2D eigenvalue weighted by molar-refractivity contribution is 0.667. The van der Waals surface area contributed by atoms with Crippen LogP contribution in [0.15, 0.2) is 150 Å². The fourth-order valence-corrected chi connectivity index (χ4v) is 6.28. The molecule has 0 fully saturated rings. The zero-order chi connectivity index (χ0) is 29.7. The largest absolute Gasteiger partial charge is 0.454 e. The van der Waals surface area contributed by atoms with Gasteiger partial charge in [0.25, 0.3) is 0 Å². The number of aromatic nitrogens is 4. The van der Waals surface area contributed by atoms with Gasteiger partial charge < -0.3 is 4.42 Å². The predicted octanol–water partition coefficient (Wildman–Crippen LogP) is 10.1. The Bertz CT molecular complexity index is 2550. The van der Waals surface area contributed by atoms with E-state index < -0.39 is 0 Å². The van der Waals surface area contributed by atoms with Crippen molar-refractivity contribution in [3.63, 3.8) is 0 Å². The molecule has 3 heterocycles. The number of fused-ring (bicyclic) bond motifs is 5. The van der Waals surface area contributed by atoms with Crippen molar-refractivity contribution in [2.75, 3.05) is 0 Å². The summed E-state index contributed by atoms with van der Waals surface area (Å²) in [5.74, 6) is 1.90. The molecule has 9 rings (SSSR count). The van der Waals surface area contributed by atoms with Crippen LogP contribution >= 0.6 is 0 Å². The summed E-state index contributed by atoms with van der Waals surface area (Å²) in [5.41, 5.74) is 6.54. The maximum Gasteiger partial charge on any atom is 0.164 e. The number of nitrogens with zero attached hydrogens (tertiary/aromatic N) is 4. The Morgan fingerprint density at radius 2 is 1.04 bits per heavy atom. The third kappa shape index (κ3) is 4.25. The number of para-hydroxylation sites is 1. The van der Waals surface area contributed by atoms with Gasteiger partial charge in [0.15, 0.2) is 23.1 Å². The zero-order valence-corrected chi connectivity index (χ0v) is 24.1. The van der Waals surface area contributed by atoms with Crippen molar-refractivity contribution in [2.45, 2.75) is 0 Å². The second kappa shape index (κ2) is 10.2. The van der Waals surface area contributed by atoms with Gasteiger partial charge in [-0.15, -0.1) is 0 Å². The summed E-state index contributed by atoms with van der Waals surface area (Å²) in [4.78, 5) is 19.7. The molecule has 210 valence electrons. The van der Waals surface area contributed by atoms with Crippen LogP contribution in [-0.2, 0) is 0 Å². The lowest BCUT2D eigenvalue weighted by Crippen LogP contribution is -2.01. The van der Waals surface area contributed by atoms with Crippen LogP contribution in [-0.4, -0.2) is 19.9 Å². The van der Waals surface area contributed by atoms with Crippen molar-refractivity contribution >= 4 is 43.5 Å². The van der Waals surface area contributed by atoms with E-state index in [1.807, 2.05) is 54.7 Å². The highest BCUT2D eigenvalue weighted by Gasteiger charge is 2.19. The van der Waals surface area contributed by atoms with Crippen molar-refractivity contribution in [1.29, 1.82) is 0 Å². The number of pyridine rings is 1. The van der Waals surface area contributed by atoms with E-state index in [4.69, 9.17) is 19.4 Å². The van der Waals surface area contributed by atoms with Gasteiger partial charge in [0.1, 0.15) is 5.58 Å². The van der Waals surface area contributed by atoms with Gasteiger partial charge in [0.2, 0.25) is 0 Å². The van der Waals surface area contributed by atoms with Crippen molar-refractivity contribution in [3.05, 3.63) is 146 Å². The lowest BCUT2D eigenvalue weighted by atomic mass is 9.93. The quantitative estimate of drug-likeness (QED) is 0.209. The predicted molar refractivity (Wildman–Crippen MR) is 182 cm³/mol. The SMILES string of the molecule is c1ccc(-c2nc(-c3ccc4ccccc4c3)nc(-c3ccc(-c4cncc5oc6ccccc6c45)c4ccccc34)n2)cc1. The summed E-state index contributed by atoms with van der Waals surface area (Å²) in [6.07, 6.45) is 3.72. The topological polar surface area (TPSA) is 64.7 Å². The van der Waals surface area contributed by atoms with E-state index in [-0.39, 0.29) is 0 Å². The van der Waals surface area contributed by atoms with Crippen LogP contribution in [0.4, 0.5) is 0 Å². The Morgan fingerprint density at radius 3 is 1.89 bits per heavy atom. The number of rotatable bonds is 4. The third-order valence-electron chi connectivity index (χ3n) is 8.42. The summed E-state index contributed by atoms with van der Waals surface area (Å²) in [6, 6.07) is 45.6. The maximum absolute atomic E-state index is 6.17. The highest BCUT2D eigenvalue weighted by atomic mass is 16.3. The van der Waals surface area contributed by atoms with Gasteiger partial charge in [-0.25, -0.2) is 15.0 Å². The van der Waals surface area contributed by atoms with Gasteiger partial charge in [0.05, 0.1) is 6.20 Å². The number of hydrogen-bond donors (Lipinski definition) is 0. The third-order valence-corrected chi connectivity index (χ3v) is 8.42. The van der Waals surface area contributed by atoms with E-state index in [9.17, 15) is 0 Å². The van der Waals surface area contributed by atoms with Gasteiger partial charge in [-0.05, 0) is 45.3 Å². The first-order valence-corrected chi connectivity index (χ1v) is 14.9. The lowest BCUT2D eigenvalue weighted by Gasteiger charge is -2.13. The van der Waals surface area contributed by atoms with E-state index in [1.165, 1.54) is 5.39 Å². The van der Waals surface area contributed by atoms with E-state index in [2.05, 4.69) is 89.9 Å². The summed E-state index contributed by atoms with van der Waals surface area (Å²) in [7, 11) is 0. The molecular formula is C40H24N4O. The first-order chi connectivity index (χ1) is 22.3. The normalized spacial score (nSPS) is 11.6. The molecule has 0 atom stereocenters. The highest BCUT2D eigenvalue weighted by Crippen LogP contribution is 2.41. The van der Waals surface area contributed by atoms with Gasteiger partial charge in [-0.2, -0.15) is 0 Å². The van der Waals surface area contributed by atoms with Crippen molar-refractivity contribution in [1.82, 2.24) is 19.9 Å². The molecule has 45 heavy (non-hydrogen) atoms. The van der Waals surface area contributed by atoms with Crippen LogP contribution in [0.1, 0.15) is 0 Å². The minimum atomic E-state index is 0.625. The van der Waals surface area contributed by atoms with E-state index >= 15 is 0 Å². The molecule has 0 N–H and O–H groups in total. The molecule has 3 aromatic heterocycles. The molecule has 0 unspecified atom stereocenters. The van der Waals surface area contributed by atoms with Crippen molar-refractivity contribution in [2.24, 2.45) is 0 Å². The van der Waals surface area contributed by atoms with Crippen LogP contribution in [0.5, 0.6) is 0 Å². The van der Waals surface area contributed by atoms with Crippen LogP contribution in [0.3, 0.4) is 0 Å². The molecule has 0 saturated carbocycles. The number of hydrogen-bond acceptors (Lipinski definition) is 5. The molecule has 0 amide bonds. The van der Waals surface area contributed by atoms with Crippen LogP contribution in [0.25, 0.3) is 88.8 Å². The van der Waals surface area contributed by atoms with E-state index in [1.54, 1.807) is 6.20 Å². The molecular weight excluding hydrogens is 552 g/mol. The molecule has 0 bridgehead atoms. The Morgan fingerprint density at radius 1 is 0.400 bits per heavy atom. The molecule has 6 aromatic carbocycles. The van der Waals surface area contributed by atoms with Crippen molar-refractivity contribution < 1.29 is 4.42 Å². The van der Waals surface area contributed by atoms with Crippen LogP contribution in [0, 0.1) is 0 Å². The Labute approximate surface area is 258 Å². The monoisotopic (exact) mass is 576 g/mol. The molecule has 9 aromatic rings. The number of benzene rings is 6. The Hall–Kier alpha value is -6.20. The van der Waals surface area contributed by atoms with Crippen LogP contribution < -0.4 is 0 Å². The maximum atomic E-state index is 6.17. The second-order valence-electron chi connectivity index (χ2n) is 11.1. The molecule has 0 radical (unpaired) electrons. The highest BCUT2D eigenvalue weighted by molar-refractivity contribution is 6.16. The Balaban J connectivity index is 1.28. The van der Waals surface area contributed by atoms with E-state index in [0.717, 1.165) is 65.9 Å². The molecule has 5 nitrogen and oxygen atoms in total. The molecule has 5 heteroatoms. The van der Waals surface area contributed by atoms with Gasteiger partial charge in [0, 0.05) is 39.2 Å². The molecule has 0 aliphatic rings. The smallest absolute Gasteiger partial charge is 0.164 e. The standard InChI is InChI=1S/C40H24N4O/c1-2-11-26(12-3-1)38-42-39(28-19-18-25-10-4-5-13-27(25)22-28)44-40(43-38)32-21-20-31(29-14-6-7-15-30(29)32)34-23-41-24-36-37(34)33-16-8-9-17-35(33)45-36/h1-24H. The minimum absolute atomic E-state index is 0.625. The fourth-order valence-electron chi connectivity index (χ4n) is 6.28. The van der Waals surface area contributed by atoms with Gasteiger partial charge >= 0.3 is 0 Å². The second-order valence-corrected chi connectivity index (χ2v) is 11.1. The fraction of sp³-hybridized carbons (Fsp3) is 0. The Kier molecular flexibility index (Phi) is 5.74. The zero-order valence-electron chi connectivity index (χ0n) is 24.1. The summed E-state index contributed by atoms with van der Waals surface area (Å²) in [6.45, 7) is 0. The summed E-state index contributed by atoms with van der Waals surface area (Å²) in [5, 5.41) is 6.59. The summed E-state index contributed by atoms with van der Waals surface area (Å²) < 4.78 is 6.17. The first kappa shape index (κ1) is 25.3. The first-order valence-electron chi connectivity index (χ1n) is 14.9. The van der Waals surface area contributed by atoms with Gasteiger partial charge in [-0.3, -0.25) is 4.98 Å². The van der Waals surface area contributed by atoms with Crippen molar-refractivity contribution in [3.8, 4) is 45.3 Å². The molecule has 0 aliphatic carbocycles. The van der Waals surface area contributed by atoms with Crippen LogP contribution in [0.2, 0.25) is 0 Å². The summed E-state index contributed by atoms with van der Waals surface area (Å²) >= 11 is 0. The number of furan rings is 1. The average Bonchev–Trinajstić information content (AvgIpc) is 3.50.